The van der Waals surface area contributed by atoms with E-state index >= 15 is 0 Å². The predicted octanol–water partition coefficient (Wildman–Crippen LogP) is 0.639. The molecular formula is C9H17N4P. The van der Waals surface area contributed by atoms with Crippen LogP contribution in [0.1, 0.15) is 25.3 Å². The summed E-state index contributed by atoms with van der Waals surface area (Å²) in [6.45, 7) is 4.03. The number of rotatable bonds is 1. The van der Waals surface area contributed by atoms with Crippen LogP contribution < -0.4 is 28.2 Å². The van der Waals surface area contributed by atoms with E-state index in [0.29, 0.717) is 22.7 Å². The Hall–Kier alpha value is -1.15. The normalized spacial score (nSPS) is 10.9. The van der Waals surface area contributed by atoms with Gasteiger partial charge >= 0.3 is 0 Å². The van der Waals surface area contributed by atoms with E-state index in [0.717, 1.165) is 10.9 Å². The second-order valence-electron chi connectivity index (χ2n) is 3.64. The zero-order valence-electron chi connectivity index (χ0n) is 8.46. The standard InChI is InChI=1S/C9H17N4P/c1-3(2)4-5(10)7(12)8(13)9(14)6(4)11/h3H,10-14H2,1-2H3. The first-order valence-corrected chi connectivity index (χ1v) is 4.96. The monoisotopic (exact) mass is 212 g/mol. The molecule has 4 nitrogen and oxygen atoms in total. The number of hydrogen-bond acceptors (Lipinski definition) is 4. The van der Waals surface area contributed by atoms with Crippen molar-refractivity contribution in [2.75, 3.05) is 22.9 Å². The number of hydrogen-bond donors (Lipinski definition) is 4. The van der Waals surface area contributed by atoms with Gasteiger partial charge in [-0.3, -0.25) is 0 Å². The minimum absolute atomic E-state index is 0.234. The van der Waals surface area contributed by atoms with Crippen LogP contribution in [0.25, 0.3) is 0 Å². The van der Waals surface area contributed by atoms with E-state index in [4.69, 9.17) is 22.9 Å². The molecule has 1 aromatic rings. The van der Waals surface area contributed by atoms with Crippen LogP contribution >= 0.6 is 9.24 Å². The lowest BCUT2D eigenvalue weighted by Gasteiger charge is -2.19. The molecule has 0 aliphatic carbocycles. The molecule has 0 spiro atoms. The maximum atomic E-state index is 5.92. The highest BCUT2D eigenvalue weighted by Gasteiger charge is 2.17. The Bertz CT molecular complexity index is 345. The van der Waals surface area contributed by atoms with Crippen molar-refractivity contribution < 1.29 is 0 Å². The van der Waals surface area contributed by atoms with Gasteiger partial charge in [0.1, 0.15) is 0 Å². The summed E-state index contributed by atoms with van der Waals surface area (Å²) < 4.78 is 0. The van der Waals surface area contributed by atoms with E-state index < -0.39 is 0 Å². The molecule has 0 aromatic heterocycles. The van der Waals surface area contributed by atoms with Gasteiger partial charge in [-0.25, -0.2) is 0 Å². The molecule has 0 saturated heterocycles. The molecule has 78 valence electrons. The molecular weight excluding hydrogens is 195 g/mol. The number of anilines is 4. The zero-order chi connectivity index (χ0) is 11.0. The Morgan fingerprint density at radius 3 is 1.79 bits per heavy atom. The fraction of sp³-hybridized carbons (Fsp3) is 0.333. The van der Waals surface area contributed by atoms with Crippen molar-refractivity contribution >= 4 is 37.3 Å². The summed E-state index contributed by atoms with van der Waals surface area (Å²) in [7, 11) is 2.50. The lowest BCUT2D eigenvalue weighted by molar-refractivity contribution is 0.875. The van der Waals surface area contributed by atoms with Gasteiger partial charge in [0.15, 0.2) is 0 Å². The van der Waals surface area contributed by atoms with Crippen LogP contribution in [0.2, 0.25) is 0 Å². The molecule has 0 heterocycles. The Morgan fingerprint density at radius 2 is 1.36 bits per heavy atom. The Labute approximate surface area is 86.2 Å². The van der Waals surface area contributed by atoms with Gasteiger partial charge in [0.2, 0.25) is 0 Å². The highest BCUT2D eigenvalue weighted by atomic mass is 31.0. The molecule has 0 aliphatic rings. The van der Waals surface area contributed by atoms with Crippen LogP contribution in [0.3, 0.4) is 0 Å². The first kappa shape index (κ1) is 10.9. The van der Waals surface area contributed by atoms with Crippen LogP contribution in [0, 0.1) is 0 Å². The van der Waals surface area contributed by atoms with Crippen LogP contribution in [0.15, 0.2) is 0 Å². The topological polar surface area (TPSA) is 104 Å². The summed E-state index contributed by atoms with van der Waals surface area (Å²) in [4.78, 5) is 0. The van der Waals surface area contributed by atoms with Crippen molar-refractivity contribution in [1.82, 2.24) is 0 Å². The Balaban J connectivity index is 3.60. The van der Waals surface area contributed by atoms with E-state index in [1.807, 2.05) is 13.8 Å². The van der Waals surface area contributed by atoms with Gasteiger partial charge in [-0.05, 0) is 5.92 Å². The molecule has 1 aromatic carbocycles. The fourth-order valence-electron chi connectivity index (χ4n) is 1.49. The third-order valence-corrected chi connectivity index (χ3v) is 2.94. The highest BCUT2D eigenvalue weighted by Crippen LogP contribution is 2.35. The van der Waals surface area contributed by atoms with Crippen molar-refractivity contribution in [3.05, 3.63) is 5.56 Å². The molecule has 8 N–H and O–H groups in total. The second-order valence-corrected chi connectivity index (χ2v) is 4.21. The number of nitrogens with two attached hydrogens (primary N) is 4. The van der Waals surface area contributed by atoms with Crippen LogP contribution in [-0.4, -0.2) is 0 Å². The summed E-state index contributed by atoms with van der Waals surface area (Å²) in [6.07, 6.45) is 0. The number of benzene rings is 1. The molecule has 0 bridgehead atoms. The molecule has 1 atom stereocenters. The van der Waals surface area contributed by atoms with Crippen LogP contribution in [0.5, 0.6) is 0 Å². The van der Waals surface area contributed by atoms with E-state index in [-0.39, 0.29) is 5.92 Å². The van der Waals surface area contributed by atoms with Crippen molar-refractivity contribution in [2.45, 2.75) is 19.8 Å². The Kier molecular flexibility index (Phi) is 2.76. The van der Waals surface area contributed by atoms with Gasteiger partial charge in [0.25, 0.3) is 0 Å². The molecule has 0 fully saturated rings. The summed E-state index contributed by atoms with van der Waals surface area (Å²) in [5.41, 5.74) is 26.2. The van der Waals surface area contributed by atoms with Gasteiger partial charge in [-0.2, -0.15) is 0 Å². The minimum Gasteiger partial charge on any atom is -0.398 e. The lowest BCUT2D eigenvalue weighted by atomic mass is 9.97. The van der Waals surface area contributed by atoms with Crippen molar-refractivity contribution in [3.8, 4) is 0 Å². The van der Waals surface area contributed by atoms with E-state index in [1.54, 1.807) is 0 Å². The quantitative estimate of drug-likeness (QED) is 0.405. The lowest BCUT2D eigenvalue weighted by Crippen LogP contribution is -2.17. The van der Waals surface area contributed by atoms with Gasteiger partial charge in [0.05, 0.1) is 17.1 Å². The second kappa shape index (κ2) is 3.54. The van der Waals surface area contributed by atoms with Gasteiger partial charge in [-0.15, -0.1) is 9.24 Å². The molecule has 0 amide bonds. The average Bonchev–Trinajstić information content (AvgIpc) is 2.11. The maximum Gasteiger partial charge on any atom is 0.0792 e. The molecule has 0 saturated carbocycles. The van der Waals surface area contributed by atoms with Crippen LogP contribution in [-0.2, 0) is 0 Å². The van der Waals surface area contributed by atoms with Crippen molar-refractivity contribution in [3.63, 3.8) is 0 Å². The SMILES string of the molecule is CC(C)c1c(N)c(N)c(N)c(P)c1N. The molecule has 1 unspecified atom stereocenters. The van der Waals surface area contributed by atoms with Crippen molar-refractivity contribution in [1.29, 1.82) is 0 Å². The third kappa shape index (κ3) is 1.46. The van der Waals surface area contributed by atoms with Gasteiger partial charge < -0.3 is 22.9 Å². The molecule has 0 radical (unpaired) electrons. The largest absolute Gasteiger partial charge is 0.398 e. The van der Waals surface area contributed by atoms with E-state index in [2.05, 4.69) is 9.24 Å². The summed E-state index contributed by atoms with van der Waals surface area (Å²) in [5, 5.41) is 0.736. The predicted molar refractivity (Wildman–Crippen MR) is 67.5 cm³/mol. The Morgan fingerprint density at radius 1 is 0.857 bits per heavy atom. The van der Waals surface area contributed by atoms with E-state index in [1.165, 1.54) is 0 Å². The van der Waals surface area contributed by atoms with Crippen molar-refractivity contribution in [2.24, 2.45) is 0 Å². The minimum atomic E-state index is 0.234. The summed E-state index contributed by atoms with van der Waals surface area (Å²) >= 11 is 0. The zero-order valence-corrected chi connectivity index (χ0v) is 9.62. The van der Waals surface area contributed by atoms with Gasteiger partial charge in [0, 0.05) is 16.6 Å². The van der Waals surface area contributed by atoms with Crippen LogP contribution in [0.4, 0.5) is 22.7 Å². The fourth-order valence-corrected chi connectivity index (χ4v) is 1.80. The van der Waals surface area contributed by atoms with Gasteiger partial charge in [-0.1, -0.05) is 13.8 Å². The molecule has 5 heteroatoms. The molecule has 1 rings (SSSR count). The highest BCUT2D eigenvalue weighted by molar-refractivity contribution is 7.28. The molecule has 14 heavy (non-hydrogen) atoms. The maximum absolute atomic E-state index is 5.92. The molecule has 0 aliphatic heterocycles. The first-order valence-electron chi connectivity index (χ1n) is 4.39. The first-order chi connectivity index (χ1) is 6.37. The summed E-state index contributed by atoms with van der Waals surface area (Å²) in [6, 6.07) is 0. The third-order valence-electron chi connectivity index (χ3n) is 2.32. The average molecular weight is 212 g/mol. The number of nitrogen functional groups attached to an aromatic ring is 4. The van der Waals surface area contributed by atoms with E-state index in [9.17, 15) is 0 Å². The smallest absolute Gasteiger partial charge is 0.0792 e. The summed E-state index contributed by atoms with van der Waals surface area (Å²) in [5.74, 6) is 0.234.